The largest absolute Gasteiger partial charge is 0.463 e. The van der Waals surface area contributed by atoms with Gasteiger partial charge >= 0.3 is 12.1 Å². The number of ether oxygens (including phenoxy) is 2. The van der Waals surface area contributed by atoms with Crippen molar-refractivity contribution in [3.05, 3.63) is 11.6 Å². The van der Waals surface area contributed by atoms with Gasteiger partial charge in [0.25, 0.3) is 0 Å². The van der Waals surface area contributed by atoms with E-state index in [1.165, 1.54) is 11.8 Å². The predicted octanol–water partition coefficient (Wildman–Crippen LogP) is 2.25. The zero-order chi connectivity index (χ0) is 22.2. The fraction of sp³-hybridized carbons (Fsp3) is 0.750. The number of amides is 2. The lowest BCUT2D eigenvalue weighted by molar-refractivity contribution is -0.139. The highest BCUT2D eigenvalue weighted by Gasteiger charge is 2.33. The second kappa shape index (κ2) is 11.0. The predicted molar refractivity (Wildman–Crippen MR) is 107 cm³/mol. The van der Waals surface area contributed by atoms with Crippen LogP contribution < -0.4 is 5.32 Å². The molecule has 0 saturated carbocycles. The Balaban J connectivity index is 5.51. The highest BCUT2D eigenvalue weighted by Crippen LogP contribution is 2.16. The van der Waals surface area contributed by atoms with Crippen LogP contribution in [0.4, 0.5) is 4.79 Å². The molecule has 0 aliphatic rings. The van der Waals surface area contributed by atoms with Gasteiger partial charge in [-0.2, -0.15) is 0 Å². The average Bonchev–Trinajstić information content (AvgIpc) is 2.54. The molecule has 0 aliphatic carbocycles. The Morgan fingerprint density at radius 2 is 1.71 bits per heavy atom. The minimum Gasteiger partial charge on any atom is -0.463 e. The van der Waals surface area contributed by atoms with E-state index in [4.69, 9.17) is 9.47 Å². The van der Waals surface area contributed by atoms with E-state index in [1.54, 1.807) is 47.7 Å². The van der Waals surface area contributed by atoms with Crippen LogP contribution in [0, 0.1) is 5.92 Å². The van der Waals surface area contributed by atoms with Crippen molar-refractivity contribution in [1.82, 2.24) is 10.2 Å². The van der Waals surface area contributed by atoms with Crippen molar-refractivity contribution in [2.24, 2.45) is 5.92 Å². The van der Waals surface area contributed by atoms with E-state index in [0.717, 1.165) is 0 Å². The normalized spacial score (nSPS) is 15.5. The third kappa shape index (κ3) is 8.73. The van der Waals surface area contributed by atoms with E-state index in [9.17, 15) is 19.5 Å². The van der Waals surface area contributed by atoms with Crippen LogP contribution >= 0.6 is 0 Å². The molecule has 162 valence electrons. The summed E-state index contributed by atoms with van der Waals surface area (Å²) in [6.07, 6.45) is -0.266. The Morgan fingerprint density at radius 1 is 1.18 bits per heavy atom. The van der Waals surface area contributed by atoms with Gasteiger partial charge in [0.15, 0.2) is 0 Å². The summed E-state index contributed by atoms with van der Waals surface area (Å²) in [6.45, 7) is 13.9. The van der Waals surface area contributed by atoms with Gasteiger partial charge in [-0.15, -0.1) is 0 Å². The fourth-order valence-electron chi connectivity index (χ4n) is 2.51. The van der Waals surface area contributed by atoms with Gasteiger partial charge in [0.05, 0.1) is 18.8 Å². The standard InChI is InChI=1S/C20H36N2O6/c1-10-27-18(25)13(4)11-15(12(2)3)22(9)17(24)16(14(5)23)21-19(26)28-20(6,7)8/h11-12,14-16,23H,10H2,1-9H3,(H,21,26)/t14-,15+,16-/m0/s1. The first-order chi connectivity index (χ1) is 12.7. The SMILES string of the molecule is CCOC(=O)C(C)=C[C@H](C(C)C)N(C)C(=O)[C@@H](NC(=O)OC(C)(C)C)[C@H](C)O. The quantitative estimate of drug-likeness (QED) is 0.478. The van der Waals surface area contributed by atoms with Crippen molar-refractivity contribution in [3.63, 3.8) is 0 Å². The lowest BCUT2D eigenvalue weighted by Gasteiger charge is -2.33. The number of rotatable bonds is 8. The van der Waals surface area contributed by atoms with Gasteiger partial charge in [0.2, 0.25) is 5.91 Å². The molecule has 3 atom stereocenters. The zero-order valence-corrected chi connectivity index (χ0v) is 18.5. The second-order valence-electron chi connectivity index (χ2n) is 8.12. The first-order valence-electron chi connectivity index (χ1n) is 9.51. The van der Waals surface area contributed by atoms with Gasteiger partial charge in [-0.05, 0) is 47.5 Å². The van der Waals surface area contributed by atoms with Gasteiger partial charge < -0.3 is 24.8 Å². The summed E-state index contributed by atoms with van der Waals surface area (Å²) in [5.41, 5.74) is -0.351. The number of carbonyl (C=O) groups excluding carboxylic acids is 3. The highest BCUT2D eigenvalue weighted by atomic mass is 16.6. The van der Waals surface area contributed by atoms with E-state index >= 15 is 0 Å². The molecular weight excluding hydrogens is 364 g/mol. The number of aliphatic hydroxyl groups is 1. The number of nitrogens with one attached hydrogen (secondary N) is 1. The number of carbonyl (C=O) groups is 3. The Hall–Kier alpha value is -2.09. The van der Waals surface area contributed by atoms with Crippen molar-refractivity contribution in [1.29, 1.82) is 0 Å². The van der Waals surface area contributed by atoms with Crippen LogP contribution in [-0.4, -0.2) is 65.4 Å². The van der Waals surface area contributed by atoms with Crippen molar-refractivity contribution in [2.75, 3.05) is 13.7 Å². The molecule has 0 fully saturated rings. The summed E-state index contributed by atoms with van der Waals surface area (Å²) in [4.78, 5) is 38.3. The molecule has 0 bridgehead atoms. The molecule has 0 aliphatic heterocycles. The molecule has 0 rings (SSSR count). The summed E-state index contributed by atoms with van der Waals surface area (Å²) >= 11 is 0. The van der Waals surface area contributed by atoms with Gasteiger partial charge in [-0.1, -0.05) is 19.9 Å². The van der Waals surface area contributed by atoms with E-state index in [2.05, 4.69) is 5.32 Å². The molecule has 0 saturated heterocycles. The summed E-state index contributed by atoms with van der Waals surface area (Å²) in [6, 6.07) is -1.61. The number of likely N-dealkylation sites (N-methyl/N-ethyl adjacent to an activating group) is 1. The minimum absolute atomic E-state index is 0.0190. The number of nitrogens with zero attached hydrogens (tertiary/aromatic N) is 1. The van der Waals surface area contributed by atoms with Gasteiger partial charge in [0.1, 0.15) is 11.6 Å². The van der Waals surface area contributed by atoms with E-state index in [0.29, 0.717) is 5.57 Å². The van der Waals surface area contributed by atoms with Crippen LogP contribution in [0.2, 0.25) is 0 Å². The van der Waals surface area contributed by atoms with Crippen LogP contribution in [0.15, 0.2) is 11.6 Å². The number of hydrogen-bond donors (Lipinski definition) is 2. The molecule has 0 aromatic carbocycles. The van der Waals surface area contributed by atoms with E-state index < -0.39 is 41.8 Å². The van der Waals surface area contributed by atoms with Gasteiger partial charge in [-0.25, -0.2) is 9.59 Å². The molecule has 0 heterocycles. The average molecular weight is 401 g/mol. The monoisotopic (exact) mass is 400 g/mol. The third-order valence-corrected chi connectivity index (χ3v) is 3.92. The van der Waals surface area contributed by atoms with Crippen LogP contribution in [-0.2, 0) is 19.1 Å². The van der Waals surface area contributed by atoms with Crippen LogP contribution in [0.25, 0.3) is 0 Å². The van der Waals surface area contributed by atoms with Crippen LogP contribution in [0.1, 0.15) is 55.4 Å². The number of hydrogen-bond acceptors (Lipinski definition) is 6. The van der Waals surface area contributed by atoms with E-state index in [1.807, 2.05) is 13.8 Å². The van der Waals surface area contributed by atoms with Crippen LogP contribution in [0.5, 0.6) is 0 Å². The van der Waals surface area contributed by atoms with Crippen molar-refractivity contribution in [2.45, 2.75) is 79.2 Å². The Labute approximate surface area is 168 Å². The highest BCUT2D eigenvalue weighted by molar-refractivity contribution is 5.89. The summed E-state index contributed by atoms with van der Waals surface area (Å²) in [7, 11) is 1.56. The molecule has 8 nitrogen and oxygen atoms in total. The topological polar surface area (TPSA) is 105 Å². The van der Waals surface area contributed by atoms with Gasteiger partial charge in [0, 0.05) is 12.6 Å². The van der Waals surface area contributed by atoms with E-state index in [-0.39, 0.29) is 12.5 Å². The van der Waals surface area contributed by atoms with Crippen molar-refractivity contribution in [3.8, 4) is 0 Å². The maximum absolute atomic E-state index is 13.0. The van der Waals surface area contributed by atoms with Crippen LogP contribution in [0.3, 0.4) is 0 Å². The Kier molecular flexibility index (Phi) is 10.2. The van der Waals surface area contributed by atoms with Crippen molar-refractivity contribution < 1.29 is 29.0 Å². The molecule has 28 heavy (non-hydrogen) atoms. The number of aliphatic hydroxyl groups excluding tert-OH is 1. The first kappa shape index (κ1) is 25.9. The smallest absolute Gasteiger partial charge is 0.408 e. The van der Waals surface area contributed by atoms with Crippen molar-refractivity contribution >= 4 is 18.0 Å². The summed E-state index contributed by atoms with van der Waals surface area (Å²) < 4.78 is 10.2. The molecule has 2 N–H and O–H groups in total. The maximum atomic E-state index is 13.0. The molecule has 0 aromatic rings. The molecule has 0 radical (unpaired) electrons. The molecule has 8 heteroatoms. The number of esters is 1. The molecule has 0 unspecified atom stereocenters. The first-order valence-corrected chi connectivity index (χ1v) is 9.51. The van der Waals surface area contributed by atoms with Gasteiger partial charge in [-0.3, -0.25) is 4.79 Å². The molecule has 0 spiro atoms. The Morgan fingerprint density at radius 3 is 2.11 bits per heavy atom. The lowest BCUT2D eigenvalue weighted by Crippen LogP contribution is -2.56. The minimum atomic E-state index is -1.18. The lowest BCUT2D eigenvalue weighted by atomic mass is 9.98. The third-order valence-electron chi connectivity index (χ3n) is 3.92. The zero-order valence-electron chi connectivity index (χ0n) is 18.5. The molecular formula is C20H36N2O6. The summed E-state index contributed by atoms with van der Waals surface area (Å²) in [5, 5.41) is 12.5. The second-order valence-corrected chi connectivity index (χ2v) is 8.12. The Bertz CT molecular complexity index is 578. The summed E-state index contributed by atoms with van der Waals surface area (Å²) in [5.74, 6) is -0.963. The maximum Gasteiger partial charge on any atom is 0.408 e. The number of alkyl carbamates (subject to hydrolysis) is 1. The fourth-order valence-corrected chi connectivity index (χ4v) is 2.51. The molecule has 2 amide bonds. The molecule has 0 aromatic heterocycles.